The molecule has 0 saturated heterocycles. The third kappa shape index (κ3) is 2.77. The summed E-state index contributed by atoms with van der Waals surface area (Å²) in [6.45, 7) is 2.16. The van der Waals surface area contributed by atoms with Gasteiger partial charge < -0.3 is 0 Å². The van der Waals surface area contributed by atoms with Crippen LogP contribution in [0.5, 0.6) is 0 Å². The first-order valence-corrected chi connectivity index (χ1v) is 6.76. The van der Waals surface area contributed by atoms with Crippen molar-refractivity contribution in [1.29, 1.82) is 0 Å². The molecule has 0 aromatic carbocycles. The molecule has 1 aliphatic carbocycles. The zero-order chi connectivity index (χ0) is 9.19. The molecule has 2 nitrogen and oxygen atoms in total. The van der Waals surface area contributed by atoms with Crippen molar-refractivity contribution in [2.75, 3.05) is 12.0 Å². The molecule has 3 heteroatoms. The molecule has 1 aliphatic rings. The van der Waals surface area contributed by atoms with Crippen LogP contribution >= 0.6 is 0 Å². The number of hydrogen-bond acceptors (Lipinski definition) is 2. The van der Waals surface area contributed by atoms with Gasteiger partial charge in [0.05, 0.1) is 5.75 Å². The van der Waals surface area contributed by atoms with Crippen molar-refractivity contribution >= 4 is 9.84 Å². The molecule has 1 saturated carbocycles. The summed E-state index contributed by atoms with van der Waals surface area (Å²) in [5, 5.41) is 0. The average Bonchev–Trinajstić information content (AvgIpc) is 2.31. The number of hydrogen-bond donors (Lipinski definition) is 0. The Hall–Kier alpha value is -0.0500. The molecule has 12 heavy (non-hydrogen) atoms. The number of rotatable bonds is 3. The van der Waals surface area contributed by atoms with Crippen molar-refractivity contribution in [1.82, 2.24) is 0 Å². The van der Waals surface area contributed by atoms with E-state index in [2.05, 4.69) is 6.92 Å². The van der Waals surface area contributed by atoms with Crippen molar-refractivity contribution in [2.45, 2.75) is 32.6 Å². The fourth-order valence-electron chi connectivity index (χ4n) is 2.26. The maximum absolute atomic E-state index is 11.0. The van der Waals surface area contributed by atoms with Gasteiger partial charge in [0.25, 0.3) is 0 Å². The maximum Gasteiger partial charge on any atom is 0.147 e. The third-order valence-corrected chi connectivity index (χ3v) is 3.89. The molecule has 0 spiro atoms. The second-order valence-electron chi connectivity index (χ2n) is 3.95. The van der Waals surface area contributed by atoms with Gasteiger partial charge in [-0.3, -0.25) is 0 Å². The monoisotopic (exact) mass is 190 g/mol. The van der Waals surface area contributed by atoms with E-state index in [1.807, 2.05) is 0 Å². The SMILES string of the molecule is CCC1CCCC1CS(C)(=O)=O. The molecule has 0 amide bonds. The van der Waals surface area contributed by atoms with Crippen molar-refractivity contribution in [3.63, 3.8) is 0 Å². The predicted molar refractivity (Wildman–Crippen MR) is 50.8 cm³/mol. The van der Waals surface area contributed by atoms with Gasteiger partial charge in [-0.1, -0.05) is 26.2 Å². The van der Waals surface area contributed by atoms with E-state index in [0.29, 0.717) is 17.6 Å². The Labute approximate surface area is 75.3 Å². The quantitative estimate of drug-likeness (QED) is 0.680. The van der Waals surface area contributed by atoms with Crippen molar-refractivity contribution in [2.24, 2.45) is 11.8 Å². The van der Waals surface area contributed by atoms with Gasteiger partial charge in [0, 0.05) is 6.26 Å². The van der Waals surface area contributed by atoms with Gasteiger partial charge in [0.2, 0.25) is 0 Å². The summed E-state index contributed by atoms with van der Waals surface area (Å²) >= 11 is 0. The van der Waals surface area contributed by atoms with E-state index in [-0.39, 0.29) is 0 Å². The van der Waals surface area contributed by atoms with Crippen LogP contribution in [-0.2, 0) is 9.84 Å². The smallest absolute Gasteiger partial charge is 0.147 e. The molecule has 2 atom stereocenters. The Morgan fingerprint density at radius 1 is 1.25 bits per heavy atom. The normalized spacial score (nSPS) is 30.8. The highest BCUT2D eigenvalue weighted by Crippen LogP contribution is 2.34. The zero-order valence-corrected chi connectivity index (χ0v) is 8.73. The van der Waals surface area contributed by atoms with Crippen LogP contribution in [0.4, 0.5) is 0 Å². The number of sulfone groups is 1. The molecule has 0 heterocycles. The van der Waals surface area contributed by atoms with Crippen molar-refractivity contribution < 1.29 is 8.42 Å². The molecule has 0 aromatic rings. The molecule has 1 fully saturated rings. The molecule has 1 rings (SSSR count). The lowest BCUT2D eigenvalue weighted by atomic mass is 9.96. The molecular weight excluding hydrogens is 172 g/mol. The molecule has 0 radical (unpaired) electrons. The standard InChI is InChI=1S/C9H18O2S/c1-3-8-5-4-6-9(8)7-12(2,10)11/h8-9H,3-7H2,1-2H3. The van der Waals surface area contributed by atoms with E-state index in [1.54, 1.807) is 0 Å². The van der Waals surface area contributed by atoms with Gasteiger partial charge in [-0.15, -0.1) is 0 Å². The zero-order valence-electron chi connectivity index (χ0n) is 7.91. The van der Waals surface area contributed by atoms with Crippen LogP contribution in [0, 0.1) is 11.8 Å². The summed E-state index contributed by atoms with van der Waals surface area (Å²) in [4.78, 5) is 0. The van der Waals surface area contributed by atoms with Crippen LogP contribution in [-0.4, -0.2) is 20.4 Å². The van der Waals surface area contributed by atoms with Crippen LogP contribution in [0.15, 0.2) is 0 Å². The fraction of sp³-hybridized carbons (Fsp3) is 1.00. The van der Waals surface area contributed by atoms with Crippen LogP contribution < -0.4 is 0 Å². The molecule has 0 bridgehead atoms. The van der Waals surface area contributed by atoms with Gasteiger partial charge in [0.15, 0.2) is 0 Å². The molecule has 2 unspecified atom stereocenters. The van der Waals surface area contributed by atoms with Gasteiger partial charge in [-0.25, -0.2) is 8.42 Å². The highest BCUT2D eigenvalue weighted by molar-refractivity contribution is 7.90. The summed E-state index contributed by atoms with van der Waals surface area (Å²) in [7, 11) is -2.75. The topological polar surface area (TPSA) is 34.1 Å². The highest BCUT2D eigenvalue weighted by Gasteiger charge is 2.28. The predicted octanol–water partition coefficient (Wildman–Crippen LogP) is 1.86. The van der Waals surface area contributed by atoms with Gasteiger partial charge in [0.1, 0.15) is 9.84 Å². The lowest BCUT2D eigenvalue weighted by Gasteiger charge is -2.16. The third-order valence-electron chi connectivity index (χ3n) is 2.86. The van der Waals surface area contributed by atoms with E-state index >= 15 is 0 Å². The van der Waals surface area contributed by atoms with Gasteiger partial charge in [-0.2, -0.15) is 0 Å². The second kappa shape index (κ2) is 3.77. The average molecular weight is 190 g/mol. The second-order valence-corrected chi connectivity index (χ2v) is 6.14. The summed E-state index contributed by atoms with van der Waals surface area (Å²) in [6, 6.07) is 0. The van der Waals surface area contributed by atoms with Crippen LogP contribution in [0.3, 0.4) is 0 Å². The molecule has 0 aromatic heterocycles. The van der Waals surface area contributed by atoms with E-state index in [4.69, 9.17) is 0 Å². The summed E-state index contributed by atoms with van der Waals surface area (Å²) in [5.41, 5.74) is 0. The lowest BCUT2D eigenvalue weighted by molar-refractivity contribution is 0.406. The Morgan fingerprint density at radius 3 is 2.33 bits per heavy atom. The first-order chi connectivity index (χ1) is 5.53. The molecule has 0 N–H and O–H groups in total. The van der Waals surface area contributed by atoms with Crippen molar-refractivity contribution in [3.8, 4) is 0 Å². The lowest BCUT2D eigenvalue weighted by Crippen LogP contribution is -2.18. The fourth-order valence-corrected chi connectivity index (χ4v) is 3.48. The minimum Gasteiger partial charge on any atom is -0.229 e. The van der Waals surface area contributed by atoms with Crippen LogP contribution in [0.1, 0.15) is 32.6 Å². The van der Waals surface area contributed by atoms with Crippen LogP contribution in [0.2, 0.25) is 0 Å². The summed E-state index contributed by atoms with van der Waals surface area (Å²) < 4.78 is 22.1. The minimum absolute atomic E-state index is 0.408. The van der Waals surface area contributed by atoms with Gasteiger partial charge >= 0.3 is 0 Å². The first-order valence-electron chi connectivity index (χ1n) is 4.70. The van der Waals surface area contributed by atoms with E-state index < -0.39 is 9.84 Å². The Balaban J connectivity index is 2.52. The molecule has 72 valence electrons. The van der Waals surface area contributed by atoms with Gasteiger partial charge in [-0.05, 0) is 18.3 Å². The van der Waals surface area contributed by atoms with Crippen molar-refractivity contribution in [3.05, 3.63) is 0 Å². The maximum atomic E-state index is 11.0. The first kappa shape index (κ1) is 10.0. The Morgan fingerprint density at radius 2 is 1.83 bits per heavy atom. The Kier molecular flexibility index (Phi) is 3.16. The summed E-state index contributed by atoms with van der Waals surface area (Å²) in [6.07, 6.45) is 6.05. The van der Waals surface area contributed by atoms with E-state index in [1.165, 1.54) is 19.1 Å². The van der Waals surface area contributed by atoms with E-state index in [9.17, 15) is 8.42 Å². The molecule has 0 aliphatic heterocycles. The Bertz CT molecular complexity index is 231. The van der Waals surface area contributed by atoms with E-state index in [0.717, 1.165) is 12.8 Å². The van der Waals surface area contributed by atoms with Crippen LogP contribution in [0.25, 0.3) is 0 Å². The highest BCUT2D eigenvalue weighted by atomic mass is 32.2. The minimum atomic E-state index is -2.75. The summed E-state index contributed by atoms with van der Waals surface area (Å²) in [5.74, 6) is 1.52. The largest absolute Gasteiger partial charge is 0.229 e. The molecular formula is C9H18O2S.